The van der Waals surface area contributed by atoms with Gasteiger partial charge in [-0.25, -0.2) is 13.8 Å². The molecule has 94 valence electrons. The van der Waals surface area contributed by atoms with E-state index in [9.17, 15) is 8.78 Å². The van der Waals surface area contributed by atoms with Gasteiger partial charge in [-0.15, -0.1) is 0 Å². The molecular weight excluding hydrogens is 242 g/mol. The first-order valence-corrected chi connectivity index (χ1v) is 5.06. The van der Waals surface area contributed by atoms with Crippen molar-refractivity contribution in [2.45, 2.75) is 0 Å². The number of nitrogens with zero attached hydrogens (tertiary/aromatic N) is 2. The molecule has 4 nitrogen and oxygen atoms in total. The molecule has 0 atom stereocenters. The van der Waals surface area contributed by atoms with Crippen molar-refractivity contribution < 1.29 is 18.3 Å². The van der Waals surface area contributed by atoms with Crippen molar-refractivity contribution in [2.24, 2.45) is 0 Å². The number of rotatable bonds is 3. The van der Waals surface area contributed by atoms with E-state index in [0.29, 0.717) is 0 Å². The molecule has 1 aromatic carbocycles. The first kappa shape index (κ1) is 12.2. The third-order valence-electron chi connectivity index (χ3n) is 2.33. The molecule has 0 aliphatic heterocycles. The van der Waals surface area contributed by atoms with Crippen LogP contribution in [-0.2, 0) is 0 Å². The Balaban J connectivity index is 2.53. The molecule has 0 radical (unpaired) electrons. The summed E-state index contributed by atoms with van der Waals surface area (Å²) in [4.78, 5) is 7.73. The van der Waals surface area contributed by atoms with Gasteiger partial charge in [0.15, 0.2) is 11.6 Å². The summed E-state index contributed by atoms with van der Waals surface area (Å²) in [6.07, 6.45) is 1.41. The SMILES string of the molecule is COc1nccc(-c2cc(F)c(OC)cc2F)n1. The lowest BCUT2D eigenvalue weighted by Crippen LogP contribution is -1.96. The Hall–Kier alpha value is -2.24. The monoisotopic (exact) mass is 252 g/mol. The summed E-state index contributed by atoms with van der Waals surface area (Å²) in [5, 5.41) is 0. The summed E-state index contributed by atoms with van der Waals surface area (Å²) < 4.78 is 36.8. The van der Waals surface area contributed by atoms with E-state index in [-0.39, 0.29) is 23.0 Å². The molecule has 0 bridgehead atoms. The fourth-order valence-electron chi connectivity index (χ4n) is 1.47. The molecule has 0 amide bonds. The number of hydrogen-bond donors (Lipinski definition) is 0. The standard InChI is InChI=1S/C12H10F2N2O2/c1-17-11-6-8(13)7(5-9(11)14)10-3-4-15-12(16-10)18-2/h3-6H,1-2H3. The predicted octanol–water partition coefficient (Wildman–Crippen LogP) is 2.44. The number of hydrogen-bond acceptors (Lipinski definition) is 4. The Morgan fingerprint density at radius 1 is 1.06 bits per heavy atom. The third kappa shape index (κ3) is 2.22. The molecule has 6 heteroatoms. The number of benzene rings is 1. The lowest BCUT2D eigenvalue weighted by Gasteiger charge is -2.07. The summed E-state index contributed by atoms with van der Waals surface area (Å²) >= 11 is 0. The highest BCUT2D eigenvalue weighted by Gasteiger charge is 2.13. The average Bonchev–Trinajstić information content (AvgIpc) is 2.41. The fourth-order valence-corrected chi connectivity index (χ4v) is 1.47. The van der Waals surface area contributed by atoms with Crippen LogP contribution in [0.25, 0.3) is 11.3 Å². The second-order valence-electron chi connectivity index (χ2n) is 3.40. The van der Waals surface area contributed by atoms with E-state index >= 15 is 0 Å². The summed E-state index contributed by atoms with van der Waals surface area (Å²) in [7, 11) is 2.66. The molecule has 2 rings (SSSR count). The zero-order chi connectivity index (χ0) is 13.1. The first-order valence-electron chi connectivity index (χ1n) is 5.06. The van der Waals surface area contributed by atoms with Gasteiger partial charge < -0.3 is 9.47 Å². The van der Waals surface area contributed by atoms with Gasteiger partial charge >= 0.3 is 6.01 Å². The van der Waals surface area contributed by atoms with Crippen LogP contribution in [0.15, 0.2) is 24.4 Å². The third-order valence-corrected chi connectivity index (χ3v) is 2.33. The van der Waals surface area contributed by atoms with Gasteiger partial charge in [-0.1, -0.05) is 0 Å². The summed E-state index contributed by atoms with van der Waals surface area (Å²) in [6, 6.07) is 3.55. The van der Waals surface area contributed by atoms with Crippen molar-refractivity contribution in [3.05, 3.63) is 36.0 Å². The molecule has 0 saturated carbocycles. The molecule has 0 spiro atoms. The summed E-state index contributed by atoms with van der Waals surface area (Å²) in [5.74, 6) is -1.45. The van der Waals surface area contributed by atoms with Gasteiger partial charge in [0.05, 0.1) is 19.9 Å². The predicted molar refractivity (Wildman–Crippen MR) is 60.5 cm³/mol. The Kier molecular flexibility index (Phi) is 3.36. The zero-order valence-corrected chi connectivity index (χ0v) is 9.78. The Bertz CT molecular complexity index is 576. The van der Waals surface area contributed by atoms with Gasteiger partial charge in [-0.3, -0.25) is 0 Å². The van der Waals surface area contributed by atoms with E-state index in [1.807, 2.05) is 0 Å². The van der Waals surface area contributed by atoms with Crippen LogP contribution in [0.2, 0.25) is 0 Å². The molecule has 18 heavy (non-hydrogen) atoms. The van der Waals surface area contributed by atoms with Crippen molar-refractivity contribution >= 4 is 0 Å². The van der Waals surface area contributed by atoms with Gasteiger partial charge in [0, 0.05) is 17.8 Å². The Labute approximate surface area is 102 Å². The van der Waals surface area contributed by atoms with Crippen LogP contribution in [0.1, 0.15) is 0 Å². The van der Waals surface area contributed by atoms with E-state index < -0.39 is 11.6 Å². The second kappa shape index (κ2) is 4.95. The minimum absolute atomic E-state index is 0.0222. The van der Waals surface area contributed by atoms with Gasteiger partial charge in [0.2, 0.25) is 0 Å². The summed E-state index contributed by atoms with van der Waals surface area (Å²) in [5.41, 5.74) is 0.259. The van der Waals surface area contributed by atoms with Crippen LogP contribution in [0.3, 0.4) is 0 Å². The van der Waals surface area contributed by atoms with E-state index in [1.165, 1.54) is 26.5 Å². The largest absolute Gasteiger partial charge is 0.494 e. The van der Waals surface area contributed by atoms with Crippen LogP contribution in [0.5, 0.6) is 11.8 Å². The molecular formula is C12H10F2N2O2. The topological polar surface area (TPSA) is 44.2 Å². The highest BCUT2D eigenvalue weighted by Crippen LogP contribution is 2.28. The fraction of sp³-hybridized carbons (Fsp3) is 0.167. The molecule has 0 aliphatic carbocycles. The zero-order valence-electron chi connectivity index (χ0n) is 9.78. The first-order chi connectivity index (χ1) is 8.65. The van der Waals surface area contributed by atoms with Crippen LogP contribution in [0, 0.1) is 11.6 Å². The van der Waals surface area contributed by atoms with E-state index in [2.05, 4.69) is 14.7 Å². The number of halogens is 2. The van der Waals surface area contributed by atoms with E-state index in [0.717, 1.165) is 12.1 Å². The van der Waals surface area contributed by atoms with Crippen LogP contribution < -0.4 is 9.47 Å². The minimum Gasteiger partial charge on any atom is -0.494 e. The smallest absolute Gasteiger partial charge is 0.316 e. The van der Waals surface area contributed by atoms with E-state index in [4.69, 9.17) is 4.74 Å². The Morgan fingerprint density at radius 3 is 2.50 bits per heavy atom. The van der Waals surface area contributed by atoms with Crippen molar-refractivity contribution in [2.75, 3.05) is 14.2 Å². The van der Waals surface area contributed by atoms with Gasteiger partial charge in [0.1, 0.15) is 5.82 Å². The Morgan fingerprint density at radius 2 is 1.83 bits per heavy atom. The minimum atomic E-state index is -0.661. The maximum atomic E-state index is 13.8. The molecule has 0 saturated heterocycles. The lowest BCUT2D eigenvalue weighted by molar-refractivity contribution is 0.379. The highest BCUT2D eigenvalue weighted by atomic mass is 19.1. The molecule has 1 heterocycles. The molecule has 2 aromatic rings. The van der Waals surface area contributed by atoms with Crippen LogP contribution in [0.4, 0.5) is 8.78 Å². The molecule has 0 fully saturated rings. The van der Waals surface area contributed by atoms with Crippen LogP contribution >= 0.6 is 0 Å². The van der Waals surface area contributed by atoms with Gasteiger partial charge in [-0.2, -0.15) is 4.98 Å². The van der Waals surface area contributed by atoms with E-state index in [1.54, 1.807) is 0 Å². The molecule has 0 N–H and O–H groups in total. The average molecular weight is 252 g/mol. The van der Waals surface area contributed by atoms with Crippen molar-refractivity contribution in [3.8, 4) is 23.0 Å². The number of ether oxygens (including phenoxy) is 2. The number of methoxy groups -OCH3 is 2. The quantitative estimate of drug-likeness (QED) is 0.841. The molecule has 0 aliphatic rings. The molecule has 1 aromatic heterocycles. The maximum absolute atomic E-state index is 13.8. The van der Waals surface area contributed by atoms with Crippen molar-refractivity contribution in [1.82, 2.24) is 9.97 Å². The van der Waals surface area contributed by atoms with Crippen molar-refractivity contribution in [1.29, 1.82) is 0 Å². The second-order valence-corrected chi connectivity index (χ2v) is 3.40. The normalized spacial score (nSPS) is 10.2. The highest BCUT2D eigenvalue weighted by molar-refractivity contribution is 5.61. The maximum Gasteiger partial charge on any atom is 0.316 e. The summed E-state index contributed by atoms with van der Waals surface area (Å²) in [6.45, 7) is 0. The molecule has 0 unspecified atom stereocenters. The number of aromatic nitrogens is 2. The lowest BCUT2D eigenvalue weighted by atomic mass is 10.1. The van der Waals surface area contributed by atoms with Crippen molar-refractivity contribution in [3.63, 3.8) is 0 Å². The van der Waals surface area contributed by atoms with Crippen LogP contribution in [-0.4, -0.2) is 24.2 Å². The van der Waals surface area contributed by atoms with Gasteiger partial charge in [-0.05, 0) is 12.1 Å². The van der Waals surface area contributed by atoms with Gasteiger partial charge in [0.25, 0.3) is 0 Å².